The number of anilines is 2. The van der Waals surface area contributed by atoms with Crippen LogP contribution in [-0.4, -0.2) is 17.1 Å². The fraction of sp³-hybridized carbons (Fsp3) is 0.125. The second-order valence-corrected chi connectivity index (χ2v) is 7.46. The minimum absolute atomic E-state index is 0.294. The molecule has 4 nitrogen and oxygen atoms in total. The van der Waals surface area contributed by atoms with Crippen LogP contribution in [0.15, 0.2) is 79.0 Å². The summed E-state index contributed by atoms with van der Waals surface area (Å²) in [6.45, 7) is 1.27. The molecule has 0 aliphatic rings. The van der Waals surface area contributed by atoms with Gasteiger partial charge in [0.15, 0.2) is 0 Å². The number of rotatable bonds is 6. The van der Waals surface area contributed by atoms with Crippen LogP contribution < -0.4 is 10.2 Å². The predicted octanol–water partition coefficient (Wildman–Crippen LogP) is 5.84. The number of fused-ring (bicyclic) bond motifs is 1. The van der Waals surface area contributed by atoms with Crippen LogP contribution in [0.1, 0.15) is 11.1 Å². The standard InChI is InChI=1S/C24H22ClN3O/c1-28(21-5-3-2-4-6-21)16-18-13-20(8-10-24(18)29)27-15-17-11-12-26-23-14-19(25)7-9-22(17)23/h2-14,27,29H,15-16H2,1H3. The van der Waals surface area contributed by atoms with Gasteiger partial charge in [-0.25, -0.2) is 0 Å². The first kappa shape index (κ1) is 19.1. The second kappa shape index (κ2) is 8.41. The number of nitrogens with zero attached hydrogens (tertiary/aromatic N) is 2. The maximum atomic E-state index is 10.3. The van der Waals surface area contributed by atoms with Gasteiger partial charge < -0.3 is 15.3 Å². The molecule has 0 aliphatic carbocycles. The van der Waals surface area contributed by atoms with E-state index >= 15 is 0 Å². The third-order valence-electron chi connectivity index (χ3n) is 4.96. The molecular formula is C24H22ClN3O. The Morgan fingerprint density at radius 2 is 1.79 bits per heavy atom. The maximum absolute atomic E-state index is 10.3. The Kier molecular flexibility index (Phi) is 5.54. The topological polar surface area (TPSA) is 48.4 Å². The van der Waals surface area contributed by atoms with Crippen LogP contribution in [0, 0.1) is 0 Å². The van der Waals surface area contributed by atoms with Gasteiger partial charge >= 0.3 is 0 Å². The number of hydrogen-bond acceptors (Lipinski definition) is 4. The summed E-state index contributed by atoms with van der Waals surface area (Å²) in [5, 5.41) is 15.5. The minimum atomic E-state index is 0.294. The molecule has 0 aliphatic heterocycles. The summed E-state index contributed by atoms with van der Waals surface area (Å²) in [5.41, 5.74) is 4.95. The van der Waals surface area contributed by atoms with E-state index in [2.05, 4.69) is 27.3 Å². The smallest absolute Gasteiger partial charge is 0.120 e. The molecule has 0 saturated heterocycles. The lowest BCUT2D eigenvalue weighted by atomic mass is 10.1. The molecule has 3 aromatic carbocycles. The fourth-order valence-corrected chi connectivity index (χ4v) is 3.55. The number of phenolic OH excluding ortho intramolecular Hbond substituents is 1. The van der Waals surface area contributed by atoms with Crippen LogP contribution in [0.4, 0.5) is 11.4 Å². The van der Waals surface area contributed by atoms with E-state index in [0.29, 0.717) is 23.9 Å². The minimum Gasteiger partial charge on any atom is -0.508 e. The SMILES string of the molecule is CN(Cc1cc(NCc2ccnc3cc(Cl)ccc23)ccc1O)c1ccccc1. The van der Waals surface area contributed by atoms with Crippen LogP contribution in [0.3, 0.4) is 0 Å². The van der Waals surface area contributed by atoms with Gasteiger partial charge in [-0.3, -0.25) is 4.98 Å². The van der Waals surface area contributed by atoms with Crippen LogP contribution in [0.25, 0.3) is 10.9 Å². The summed E-state index contributed by atoms with van der Waals surface area (Å²) in [6.07, 6.45) is 1.80. The Labute approximate surface area is 175 Å². The summed E-state index contributed by atoms with van der Waals surface area (Å²) < 4.78 is 0. The van der Waals surface area contributed by atoms with Gasteiger partial charge in [-0.05, 0) is 54.1 Å². The van der Waals surface area contributed by atoms with E-state index in [0.717, 1.165) is 33.4 Å². The van der Waals surface area contributed by atoms with Crippen molar-refractivity contribution in [3.8, 4) is 5.75 Å². The Balaban J connectivity index is 1.51. The maximum Gasteiger partial charge on any atom is 0.120 e. The molecule has 0 fully saturated rings. The third kappa shape index (κ3) is 4.44. The summed E-state index contributed by atoms with van der Waals surface area (Å²) in [7, 11) is 2.02. The molecule has 1 aromatic heterocycles. The van der Waals surface area contributed by atoms with Crippen molar-refractivity contribution in [3.63, 3.8) is 0 Å². The fourth-order valence-electron chi connectivity index (χ4n) is 3.38. The molecule has 0 saturated carbocycles. The Bertz CT molecular complexity index is 1130. The predicted molar refractivity (Wildman–Crippen MR) is 121 cm³/mol. The summed E-state index contributed by atoms with van der Waals surface area (Å²) in [5.74, 6) is 0.294. The van der Waals surface area contributed by atoms with Gasteiger partial charge in [0.1, 0.15) is 5.75 Å². The van der Waals surface area contributed by atoms with Crippen molar-refractivity contribution < 1.29 is 5.11 Å². The summed E-state index contributed by atoms with van der Waals surface area (Å²) in [6, 6.07) is 23.5. The van der Waals surface area contributed by atoms with Gasteiger partial charge in [0.25, 0.3) is 0 Å². The van der Waals surface area contributed by atoms with E-state index in [1.54, 1.807) is 12.3 Å². The lowest BCUT2D eigenvalue weighted by molar-refractivity contribution is 0.468. The highest BCUT2D eigenvalue weighted by Crippen LogP contribution is 2.26. The zero-order chi connectivity index (χ0) is 20.2. The van der Waals surface area contributed by atoms with Crippen molar-refractivity contribution in [3.05, 3.63) is 95.1 Å². The molecule has 0 spiro atoms. The molecule has 5 heteroatoms. The van der Waals surface area contributed by atoms with Gasteiger partial charge in [-0.15, -0.1) is 0 Å². The number of halogens is 1. The van der Waals surface area contributed by atoms with E-state index < -0.39 is 0 Å². The molecule has 2 N–H and O–H groups in total. The lowest BCUT2D eigenvalue weighted by Gasteiger charge is -2.20. The number of hydrogen-bond donors (Lipinski definition) is 2. The number of pyridine rings is 1. The van der Waals surface area contributed by atoms with Gasteiger partial charge in [-0.2, -0.15) is 0 Å². The van der Waals surface area contributed by atoms with E-state index in [-0.39, 0.29) is 0 Å². The quantitative estimate of drug-likeness (QED) is 0.397. The normalized spacial score (nSPS) is 10.8. The molecule has 4 rings (SSSR count). The highest BCUT2D eigenvalue weighted by Gasteiger charge is 2.08. The van der Waals surface area contributed by atoms with Gasteiger partial charge in [0, 0.05) is 53.7 Å². The molecule has 0 radical (unpaired) electrons. The van der Waals surface area contributed by atoms with E-state index in [1.807, 2.05) is 61.6 Å². The first-order chi connectivity index (χ1) is 14.1. The number of aromatic nitrogens is 1. The highest BCUT2D eigenvalue weighted by molar-refractivity contribution is 6.31. The Hall–Kier alpha value is -3.24. The van der Waals surface area contributed by atoms with Crippen molar-refractivity contribution in [2.24, 2.45) is 0 Å². The van der Waals surface area contributed by atoms with E-state index in [4.69, 9.17) is 11.6 Å². The number of phenols is 1. The average Bonchev–Trinajstić information content (AvgIpc) is 2.74. The molecule has 1 heterocycles. The summed E-state index contributed by atoms with van der Waals surface area (Å²) in [4.78, 5) is 6.50. The van der Waals surface area contributed by atoms with Gasteiger partial charge in [0.05, 0.1) is 5.52 Å². The molecule has 0 bridgehead atoms. The van der Waals surface area contributed by atoms with E-state index in [9.17, 15) is 5.11 Å². The molecule has 0 unspecified atom stereocenters. The van der Waals surface area contributed by atoms with Crippen LogP contribution >= 0.6 is 11.6 Å². The first-order valence-corrected chi connectivity index (χ1v) is 9.83. The lowest BCUT2D eigenvalue weighted by Crippen LogP contribution is -2.16. The van der Waals surface area contributed by atoms with Crippen molar-refractivity contribution in [1.82, 2.24) is 4.98 Å². The van der Waals surface area contributed by atoms with Crippen molar-refractivity contribution >= 4 is 33.9 Å². The molecular weight excluding hydrogens is 382 g/mol. The second-order valence-electron chi connectivity index (χ2n) is 7.02. The number of benzene rings is 3. The zero-order valence-corrected chi connectivity index (χ0v) is 16.9. The average molecular weight is 404 g/mol. The molecule has 0 atom stereocenters. The zero-order valence-electron chi connectivity index (χ0n) is 16.1. The van der Waals surface area contributed by atoms with Gasteiger partial charge in [0.2, 0.25) is 0 Å². The van der Waals surface area contributed by atoms with E-state index in [1.165, 1.54) is 0 Å². The molecule has 4 aromatic rings. The summed E-state index contributed by atoms with van der Waals surface area (Å²) >= 11 is 6.08. The third-order valence-corrected chi connectivity index (χ3v) is 5.20. The molecule has 0 amide bonds. The number of aromatic hydroxyl groups is 1. The van der Waals surface area contributed by atoms with Crippen molar-refractivity contribution in [2.75, 3.05) is 17.3 Å². The van der Waals surface area contributed by atoms with Crippen LogP contribution in [0.2, 0.25) is 5.02 Å². The largest absolute Gasteiger partial charge is 0.508 e. The first-order valence-electron chi connectivity index (χ1n) is 9.45. The Morgan fingerprint density at radius 1 is 0.966 bits per heavy atom. The highest BCUT2D eigenvalue weighted by atomic mass is 35.5. The number of nitrogens with one attached hydrogen (secondary N) is 1. The van der Waals surface area contributed by atoms with Crippen LogP contribution in [-0.2, 0) is 13.1 Å². The van der Waals surface area contributed by atoms with Crippen molar-refractivity contribution in [1.29, 1.82) is 0 Å². The Morgan fingerprint density at radius 3 is 2.62 bits per heavy atom. The van der Waals surface area contributed by atoms with Crippen LogP contribution in [0.5, 0.6) is 5.75 Å². The monoisotopic (exact) mass is 403 g/mol. The van der Waals surface area contributed by atoms with Crippen molar-refractivity contribution in [2.45, 2.75) is 13.1 Å². The van der Waals surface area contributed by atoms with Gasteiger partial charge in [-0.1, -0.05) is 35.9 Å². The molecule has 29 heavy (non-hydrogen) atoms. The molecule has 146 valence electrons. The number of para-hydroxylation sites is 1.